The van der Waals surface area contributed by atoms with Crippen molar-refractivity contribution in [2.45, 2.75) is 30.8 Å². The van der Waals surface area contributed by atoms with E-state index in [4.69, 9.17) is 17.3 Å². The molecule has 0 saturated carbocycles. The summed E-state index contributed by atoms with van der Waals surface area (Å²) in [5, 5.41) is 4.50. The number of nitrogens with two attached hydrogens (primary N) is 1. The summed E-state index contributed by atoms with van der Waals surface area (Å²) in [4.78, 5) is 0. The summed E-state index contributed by atoms with van der Waals surface area (Å²) in [6.07, 6.45) is 2.56. The van der Waals surface area contributed by atoms with E-state index in [-0.39, 0.29) is 0 Å². The molecule has 2 aliphatic rings. The minimum Gasteiger partial charge on any atom is -0.330 e. The van der Waals surface area contributed by atoms with E-state index in [9.17, 15) is 0 Å². The van der Waals surface area contributed by atoms with Crippen LogP contribution in [0.2, 0.25) is 5.02 Å². The second-order valence-corrected chi connectivity index (χ2v) is 5.37. The normalized spacial score (nSPS) is 36.9. The molecule has 2 heterocycles. The van der Waals surface area contributed by atoms with Gasteiger partial charge in [0.15, 0.2) is 0 Å². The molecule has 2 saturated heterocycles. The Morgan fingerprint density at radius 1 is 1.31 bits per heavy atom. The van der Waals surface area contributed by atoms with Crippen LogP contribution in [0.15, 0.2) is 24.3 Å². The van der Waals surface area contributed by atoms with Crippen molar-refractivity contribution in [3.05, 3.63) is 34.9 Å². The van der Waals surface area contributed by atoms with Crippen molar-refractivity contribution >= 4 is 11.6 Å². The fraction of sp³-hybridized carbons (Fsp3) is 0.538. The van der Waals surface area contributed by atoms with Crippen molar-refractivity contribution in [2.75, 3.05) is 6.54 Å². The third kappa shape index (κ3) is 1.56. The molecule has 0 aliphatic carbocycles. The van der Waals surface area contributed by atoms with E-state index in [1.165, 1.54) is 18.4 Å². The minimum atomic E-state index is 0.558. The molecule has 0 aromatic heterocycles. The smallest absolute Gasteiger partial charge is 0.0408 e. The van der Waals surface area contributed by atoms with Gasteiger partial charge < -0.3 is 11.1 Å². The zero-order valence-electron chi connectivity index (χ0n) is 9.20. The molecule has 0 radical (unpaired) electrons. The Kier molecular flexibility index (Phi) is 2.66. The van der Waals surface area contributed by atoms with Gasteiger partial charge in [0.05, 0.1) is 0 Å². The maximum atomic E-state index is 6.06. The Labute approximate surface area is 101 Å². The number of halogens is 1. The zero-order valence-corrected chi connectivity index (χ0v) is 9.95. The highest BCUT2D eigenvalue weighted by Crippen LogP contribution is 2.44. The van der Waals surface area contributed by atoms with E-state index in [0.29, 0.717) is 23.9 Å². The van der Waals surface area contributed by atoms with Crippen molar-refractivity contribution in [3.8, 4) is 0 Å². The number of hydrogen-bond acceptors (Lipinski definition) is 2. The van der Waals surface area contributed by atoms with E-state index in [1.807, 2.05) is 12.1 Å². The Hall–Kier alpha value is -0.570. The first kappa shape index (κ1) is 10.6. The van der Waals surface area contributed by atoms with Crippen LogP contribution in [0.4, 0.5) is 0 Å². The third-order valence-electron chi connectivity index (χ3n) is 4.13. The number of benzene rings is 1. The standard InChI is InChI=1S/C13H17ClN2/c14-9-3-1-2-8(6-9)13-10(7-15)11-4-5-12(13)16-11/h1-3,6,10-13,16H,4-5,7,15H2. The van der Waals surface area contributed by atoms with Crippen molar-refractivity contribution in [1.82, 2.24) is 5.32 Å². The predicted octanol–water partition coefficient (Wildman–Crippen LogP) is 2.13. The van der Waals surface area contributed by atoms with E-state index in [1.54, 1.807) is 0 Å². The highest BCUT2D eigenvalue weighted by molar-refractivity contribution is 6.30. The van der Waals surface area contributed by atoms with Crippen LogP contribution in [-0.2, 0) is 0 Å². The molecular formula is C13H17ClN2. The molecule has 0 spiro atoms. The Morgan fingerprint density at radius 3 is 2.88 bits per heavy atom. The fourth-order valence-electron chi connectivity index (χ4n) is 3.47. The molecule has 3 rings (SSSR count). The lowest BCUT2D eigenvalue weighted by molar-refractivity contribution is 0.365. The van der Waals surface area contributed by atoms with Gasteiger partial charge in [-0.1, -0.05) is 23.7 Å². The van der Waals surface area contributed by atoms with Crippen LogP contribution in [0.5, 0.6) is 0 Å². The molecule has 16 heavy (non-hydrogen) atoms. The van der Waals surface area contributed by atoms with Gasteiger partial charge in [0.2, 0.25) is 0 Å². The summed E-state index contributed by atoms with van der Waals surface area (Å²) in [7, 11) is 0. The molecule has 2 nitrogen and oxygen atoms in total. The molecule has 2 aliphatic heterocycles. The van der Waals surface area contributed by atoms with Crippen molar-refractivity contribution in [3.63, 3.8) is 0 Å². The number of fused-ring (bicyclic) bond motifs is 2. The highest BCUT2D eigenvalue weighted by Gasteiger charge is 2.46. The quantitative estimate of drug-likeness (QED) is 0.826. The van der Waals surface area contributed by atoms with Crippen LogP contribution in [-0.4, -0.2) is 18.6 Å². The lowest BCUT2D eigenvalue weighted by Gasteiger charge is -2.28. The SMILES string of the molecule is NCC1C2CCC(N2)C1c1cccc(Cl)c1. The molecule has 4 atom stereocenters. The van der Waals surface area contributed by atoms with Crippen LogP contribution in [0, 0.1) is 5.92 Å². The van der Waals surface area contributed by atoms with Gasteiger partial charge in [-0.15, -0.1) is 0 Å². The average molecular weight is 237 g/mol. The zero-order chi connectivity index (χ0) is 11.1. The topological polar surface area (TPSA) is 38.0 Å². The number of nitrogens with one attached hydrogen (secondary N) is 1. The van der Waals surface area contributed by atoms with Gasteiger partial charge in [0.25, 0.3) is 0 Å². The van der Waals surface area contributed by atoms with Gasteiger partial charge in [-0.3, -0.25) is 0 Å². The van der Waals surface area contributed by atoms with Gasteiger partial charge in [-0.05, 0) is 43.0 Å². The lowest BCUT2D eigenvalue weighted by atomic mass is 9.75. The van der Waals surface area contributed by atoms with Gasteiger partial charge in [0, 0.05) is 23.0 Å². The summed E-state index contributed by atoms with van der Waals surface area (Å²) in [6.45, 7) is 0.769. The molecule has 86 valence electrons. The second kappa shape index (κ2) is 4.02. The fourth-order valence-corrected chi connectivity index (χ4v) is 3.67. The third-order valence-corrected chi connectivity index (χ3v) is 4.37. The molecule has 1 aromatic carbocycles. The monoisotopic (exact) mass is 236 g/mol. The van der Waals surface area contributed by atoms with E-state index in [0.717, 1.165) is 11.6 Å². The highest BCUT2D eigenvalue weighted by atomic mass is 35.5. The molecule has 0 amide bonds. The van der Waals surface area contributed by atoms with Crippen LogP contribution >= 0.6 is 11.6 Å². The molecule has 2 bridgehead atoms. The first-order valence-corrected chi connectivity index (χ1v) is 6.39. The molecule has 2 fully saturated rings. The van der Waals surface area contributed by atoms with E-state index >= 15 is 0 Å². The van der Waals surface area contributed by atoms with Gasteiger partial charge in [-0.25, -0.2) is 0 Å². The first-order chi connectivity index (χ1) is 7.79. The predicted molar refractivity (Wildman–Crippen MR) is 66.7 cm³/mol. The van der Waals surface area contributed by atoms with Crippen molar-refractivity contribution in [1.29, 1.82) is 0 Å². The molecule has 4 unspecified atom stereocenters. The van der Waals surface area contributed by atoms with E-state index < -0.39 is 0 Å². The maximum absolute atomic E-state index is 6.06. The van der Waals surface area contributed by atoms with Gasteiger partial charge in [0.1, 0.15) is 0 Å². The average Bonchev–Trinajstić information content (AvgIpc) is 2.88. The van der Waals surface area contributed by atoms with Crippen LogP contribution in [0.25, 0.3) is 0 Å². The van der Waals surface area contributed by atoms with Crippen LogP contribution in [0.1, 0.15) is 24.3 Å². The molecule has 1 aromatic rings. The van der Waals surface area contributed by atoms with Crippen molar-refractivity contribution in [2.24, 2.45) is 11.7 Å². The van der Waals surface area contributed by atoms with Crippen molar-refractivity contribution < 1.29 is 0 Å². The largest absolute Gasteiger partial charge is 0.330 e. The summed E-state index contributed by atoms with van der Waals surface area (Å²) < 4.78 is 0. The second-order valence-electron chi connectivity index (χ2n) is 4.94. The minimum absolute atomic E-state index is 0.558. The number of rotatable bonds is 2. The van der Waals surface area contributed by atoms with Gasteiger partial charge >= 0.3 is 0 Å². The van der Waals surface area contributed by atoms with Crippen LogP contribution < -0.4 is 11.1 Å². The van der Waals surface area contributed by atoms with E-state index in [2.05, 4.69) is 17.4 Å². The summed E-state index contributed by atoms with van der Waals surface area (Å²) in [5.74, 6) is 1.14. The first-order valence-electron chi connectivity index (χ1n) is 6.01. The molecule has 3 heteroatoms. The Morgan fingerprint density at radius 2 is 2.12 bits per heavy atom. The summed E-state index contributed by atoms with van der Waals surface area (Å²) in [6, 6.07) is 9.48. The Balaban J connectivity index is 1.94. The molecule has 3 N–H and O–H groups in total. The number of hydrogen-bond donors (Lipinski definition) is 2. The Bertz CT molecular complexity index is 393. The van der Waals surface area contributed by atoms with Gasteiger partial charge in [-0.2, -0.15) is 0 Å². The van der Waals surface area contributed by atoms with Crippen LogP contribution in [0.3, 0.4) is 0 Å². The summed E-state index contributed by atoms with van der Waals surface area (Å²) in [5.41, 5.74) is 7.26. The maximum Gasteiger partial charge on any atom is 0.0408 e. The summed E-state index contributed by atoms with van der Waals surface area (Å²) >= 11 is 6.06. The molecular weight excluding hydrogens is 220 g/mol. The lowest BCUT2D eigenvalue weighted by Crippen LogP contribution is -2.31.